The Morgan fingerprint density at radius 2 is 2.00 bits per heavy atom. The molecule has 16 heavy (non-hydrogen) atoms. The van der Waals surface area contributed by atoms with Crippen molar-refractivity contribution in [1.82, 2.24) is 0 Å². The van der Waals surface area contributed by atoms with Crippen molar-refractivity contribution in [3.05, 3.63) is 35.9 Å². The Balaban J connectivity index is 2.32. The van der Waals surface area contributed by atoms with Gasteiger partial charge in [0.15, 0.2) is 0 Å². The highest BCUT2D eigenvalue weighted by molar-refractivity contribution is 5.32. The molecule has 0 aromatic heterocycles. The normalized spacial score (nSPS) is 10.9. The molecule has 3 heteroatoms. The zero-order valence-electron chi connectivity index (χ0n) is 9.77. The first kappa shape index (κ1) is 12.6. The molecular formula is C13H17NO2. The van der Waals surface area contributed by atoms with E-state index in [1.807, 2.05) is 44.2 Å². The molecule has 0 aliphatic rings. The Hall–Kier alpha value is -1.44. The second-order valence-electron chi connectivity index (χ2n) is 4.55. The zero-order valence-corrected chi connectivity index (χ0v) is 9.77. The van der Waals surface area contributed by atoms with Gasteiger partial charge in [0.25, 0.3) is 0 Å². The van der Waals surface area contributed by atoms with Crippen molar-refractivity contribution in [3.8, 4) is 0 Å². The van der Waals surface area contributed by atoms with E-state index in [0.29, 0.717) is 19.8 Å². The van der Waals surface area contributed by atoms with Crippen LogP contribution >= 0.6 is 0 Å². The highest BCUT2D eigenvalue weighted by Crippen LogP contribution is 2.16. The van der Waals surface area contributed by atoms with Gasteiger partial charge in [-0.1, -0.05) is 44.2 Å². The maximum Gasteiger partial charge on any atom is 0.234 e. The Labute approximate surface area is 96.2 Å². The van der Waals surface area contributed by atoms with Crippen LogP contribution in [-0.4, -0.2) is 19.2 Å². The summed E-state index contributed by atoms with van der Waals surface area (Å²) >= 11 is 0. The molecule has 1 aromatic rings. The molecule has 0 fully saturated rings. The highest BCUT2D eigenvalue weighted by Gasteiger charge is 2.17. The summed E-state index contributed by atoms with van der Waals surface area (Å²) in [5.74, 6) is 0. The van der Waals surface area contributed by atoms with Crippen LogP contribution in [0.1, 0.15) is 19.4 Å². The van der Waals surface area contributed by atoms with Crippen molar-refractivity contribution < 1.29 is 9.53 Å². The van der Waals surface area contributed by atoms with Crippen LogP contribution in [0, 0.1) is 5.41 Å². The first-order chi connectivity index (χ1) is 7.64. The lowest BCUT2D eigenvalue weighted by molar-refractivity contribution is 0.0556. The zero-order chi connectivity index (χ0) is 11.9. The van der Waals surface area contributed by atoms with E-state index in [0.717, 1.165) is 5.56 Å². The lowest BCUT2D eigenvalue weighted by Gasteiger charge is -2.21. The number of benzene rings is 1. The molecule has 3 nitrogen and oxygen atoms in total. The predicted octanol–water partition coefficient (Wildman–Crippen LogP) is 2.57. The molecule has 1 aromatic carbocycles. The summed E-state index contributed by atoms with van der Waals surface area (Å²) in [5.41, 5.74) is 1.03. The van der Waals surface area contributed by atoms with Gasteiger partial charge < -0.3 is 4.74 Å². The van der Waals surface area contributed by atoms with E-state index in [1.54, 1.807) is 6.08 Å². The van der Waals surface area contributed by atoms with Crippen molar-refractivity contribution in [2.75, 3.05) is 13.2 Å². The molecule has 0 aliphatic heterocycles. The third-order valence-electron chi connectivity index (χ3n) is 2.18. The summed E-state index contributed by atoms with van der Waals surface area (Å²) in [6, 6.07) is 10.0. The Kier molecular flexibility index (Phi) is 4.90. The summed E-state index contributed by atoms with van der Waals surface area (Å²) in [5, 5.41) is 0. The third-order valence-corrected chi connectivity index (χ3v) is 2.18. The van der Waals surface area contributed by atoms with Gasteiger partial charge in [-0.15, -0.1) is 0 Å². The first-order valence-electron chi connectivity index (χ1n) is 5.29. The molecule has 0 saturated carbocycles. The molecule has 0 heterocycles. The van der Waals surface area contributed by atoms with Crippen LogP contribution in [0.2, 0.25) is 0 Å². The average Bonchev–Trinajstić information content (AvgIpc) is 2.28. The van der Waals surface area contributed by atoms with Crippen LogP contribution in [0.5, 0.6) is 0 Å². The maximum atomic E-state index is 10.0. The number of carbonyl (C=O) groups excluding carboxylic acids is 1. The fraction of sp³-hybridized carbons (Fsp3) is 0.462. The molecule has 0 saturated heterocycles. The van der Waals surface area contributed by atoms with Crippen LogP contribution in [0.3, 0.4) is 0 Å². The number of ether oxygens (including phenoxy) is 1. The number of nitrogens with zero attached hydrogens (tertiary/aromatic N) is 1. The van der Waals surface area contributed by atoms with E-state index in [-0.39, 0.29) is 5.41 Å². The van der Waals surface area contributed by atoms with Gasteiger partial charge in [-0.05, 0) is 5.56 Å². The molecule has 0 amide bonds. The van der Waals surface area contributed by atoms with Gasteiger partial charge in [0, 0.05) is 5.41 Å². The Morgan fingerprint density at radius 1 is 1.31 bits per heavy atom. The second kappa shape index (κ2) is 6.21. The van der Waals surface area contributed by atoms with Crippen molar-refractivity contribution in [2.45, 2.75) is 20.5 Å². The summed E-state index contributed by atoms with van der Waals surface area (Å²) in [4.78, 5) is 13.6. The van der Waals surface area contributed by atoms with Gasteiger partial charge in [0.05, 0.1) is 19.8 Å². The van der Waals surface area contributed by atoms with E-state index < -0.39 is 0 Å². The van der Waals surface area contributed by atoms with Crippen molar-refractivity contribution in [3.63, 3.8) is 0 Å². The third kappa shape index (κ3) is 4.87. The van der Waals surface area contributed by atoms with Crippen LogP contribution in [0.4, 0.5) is 0 Å². The van der Waals surface area contributed by atoms with E-state index in [4.69, 9.17) is 4.74 Å². The average molecular weight is 219 g/mol. The van der Waals surface area contributed by atoms with Crippen LogP contribution in [0.15, 0.2) is 35.3 Å². The molecule has 0 atom stereocenters. The van der Waals surface area contributed by atoms with E-state index in [9.17, 15) is 4.79 Å². The number of isocyanates is 1. The van der Waals surface area contributed by atoms with Crippen LogP contribution in [-0.2, 0) is 16.1 Å². The lowest BCUT2D eigenvalue weighted by atomic mass is 9.95. The maximum absolute atomic E-state index is 10.0. The van der Waals surface area contributed by atoms with Gasteiger partial charge in [0.1, 0.15) is 0 Å². The quantitative estimate of drug-likeness (QED) is 0.545. The standard InChI is InChI=1S/C13H17NO2/c1-13(2,9-14-11-15)10-16-8-12-6-4-3-5-7-12/h3-7H,8-10H2,1-2H3. The van der Waals surface area contributed by atoms with E-state index in [1.165, 1.54) is 0 Å². The van der Waals surface area contributed by atoms with Gasteiger partial charge in [-0.3, -0.25) is 0 Å². The minimum atomic E-state index is -0.119. The SMILES string of the molecule is CC(C)(CN=C=O)COCc1ccccc1. The monoisotopic (exact) mass is 219 g/mol. The minimum Gasteiger partial charge on any atom is -0.376 e. The fourth-order valence-electron chi connectivity index (χ4n) is 1.31. The topological polar surface area (TPSA) is 38.7 Å². The highest BCUT2D eigenvalue weighted by atomic mass is 16.5. The van der Waals surface area contributed by atoms with Crippen molar-refractivity contribution in [1.29, 1.82) is 0 Å². The molecule has 0 bridgehead atoms. The van der Waals surface area contributed by atoms with Gasteiger partial charge >= 0.3 is 0 Å². The summed E-state index contributed by atoms with van der Waals surface area (Å²) in [6.07, 6.45) is 1.55. The summed E-state index contributed by atoms with van der Waals surface area (Å²) in [6.45, 7) is 5.64. The molecule has 0 N–H and O–H groups in total. The number of aliphatic imine (C=N–C) groups is 1. The van der Waals surface area contributed by atoms with Crippen molar-refractivity contribution in [2.24, 2.45) is 10.4 Å². The molecular weight excluding hydrogens is 202 g/mol. The summed E-state index contributed by atoms with van der Waals surface area (Å²) < 4.78 is 5.59. The lowest BCUT2D eigenvalue weighted by Crippen LogP contribution is -2.22. The molecule has 1 rings (SSSR count). The van der Waals surface area contributed by atoms with Crippen molar-refractivity contribution >= 4 is 6.08 Å². The number of hydrogen-bond donors (Lipinski definition) is 0. The fourth-order valence-corrected chi connectivity index (χ4v) is 1.31. The summed E-state index contributed by atoms with van der Waals surface area (Å²) in [7, 11) is 0. The van der Waals surface area contributed by atoms with E-state index in [2.05, 4.69) is 4.99 Å². The first-order valence-corrected chi connectivity index (χ1v) is 5.29. The molecule has 0 aliphatic carbocycles. The predicted molar refractivity (Wildman–Crippen MR) is 62.9 cm³/mol. The van der Waals surface area contributed by atoms with E-state index >= 15 is 0 Å². The Bertz CT molecular complexity index is 353. The largest absolute Gasteiger partial charge is 0.376 e. The van der Waals surface area contributed by atoms with Gasteiger partial charge in [0.2, 0.25) is 6.08 Å². The number of rotatable bonds is 6. The molecule has 86 valence electrons. The Morgan fingerprint density at radius 3 is 2.62 bits per heavy atom. The second-order valence-corrected chi connectivity index (χ2v) is 4.55. The van der Waals surface area contributed by atoms with Gasteiger partial charge in [-0.2, -0.15) is 0 Å². The smallest absolute Gasteiger partial charge is 0.234 e. The number of hydrogen-bond acceptors (Lipinski definition) is 3. The van der Waals surface area contributed by atoms with Crippen LogP contribution in [0.25, 0.3) is 0 Å². The molecule has 0 radical (unpaired) electrons. The molecule has 0 unspecified atom stereocenters. The van der Waals surface area contributed by atoms with Crippen LogP contribution < -0.4 is 0 Å². The molecule has 0 spiro atoms. The minimum absolute atomic E-state index is 0.119. The van der Waals surface area contributed by atoms with Gasteiger partial charge in [-0.25, -0.2) is 9.79 Å².